The maximum atomic E-state index is 9.16. The van der Waals surface area contributed by atoms with Gasteiger partial charge in [-0.3, -0.25) is 4.98 Å². The van der Waals surface area contributed by atoms with E-state index < -0.39 is 0 Å². The Morgan fingerprint density at radius 3 is 3.00 bits per heavy atom. The predicted octanol–water partition coefficient (Wildman–Crippen LogP) is 2.01. The molecule has 3 rings (SSSR count). The summed E-state index contributed by atoms with van der Waals surface area (Å²) in [5.41, 5.74) is 2.09. The summed E-state index contributed by atoms with van der Waals surface area (Å²) in [4.78, 5) is 4.14. The number of benzene rings is 1. The molecule has 0 bridgehead atoms. The Morgan fingerprint density at radius 2 is 2.17 bits per heavy atom. The molecule has 0 saturated carbocycles. The van der Waals surface area contributed by atoms with E-state index in [1.54, 1.807) is 6.07 Å². The van der Waals surface area contributed by atoms with Gasteiger partial charge in [-0.15, -0.1) is 0 Å². The molecule has 0 aliphatic carbocycles. The first-order valence-corrected chi connectivity index (χ1v) is 5.92. The number of rotatable bonds is 3. The Labute approximate surface area is 105 Å². The molecule has 0 spiro atoms. The molecule has 18 heavy (non-hydrogen) atoms. The first-order chi connectivity index (χ1) is 8.83. The minimum absolute atomic E-state index is 0.188. The molecule has 92 valence electrons. The lowest BCUT2D eigenvalue weighted by Gasteiger charge is -2.11. The summed E-state index contributed by atoms with van der Waals surface area (Å²) in [7, 11) is 0. The first kappa shape index (κ1) is 11.0. The fourth-order valence-electron chi connectivity index (χ4n) is 2.08. The Balaban J connectivity index is 1.67. The van der Waals surface area contributed by atoms with Gasteiger partial charge in [0, 0.05) is 12.1 Å². The van der Waals surface area contributed by atoms with Gasteiger partial charge in [0.1, 0.15) is 18.1 Å². The zero-order valence-corrected chi connectivity index (χ0v) is 9.84. The van der Waals surface area contributed by atoms with E-state index in [-0.39, 0.29) is 11.8 Å². The highest BCUT2D eigenvalue weighted by atomic mass is 16.5. The number of nitrogens with zero attached hydrogens (tertiary/aromatic N) is 1. The Kier molecular flexibility index (Phi) is 2.86. The van der Waals surface area contributed by atoms with Gasteiger partial charge >= 0.3 is 0 Å². The third-order valence-corrected chi connectivity index (χ3v) is 3.04. The van der Waals surface area contributed by atoms with Crippen molar-refractivity contribution in [1.82, 2.24) is 10.3 Å². The number of aromatic nitrogens is 1. The number of fused-ring (bicyclic) bond motifs is 1. The molecule has 1 unspecified atom stereocenters. The van der Waals surface area contributed by atoms with Crippen molar-refractivity contribution in [3.8, 4) is 11.5 Å². The van der Waals surface area contributed by atoms with E-state index in [1.807, 2.05) is 24.3 Å². The highest BCUT2D eigenvalue weighted by Crippen LogP contribution is 2.31. The van der Waals surface area contributed by atoms with Gasteiger partial charge in [-0.1, -0.05) is 18.2 Å². The lowest BCUT2D eigenvalue weighted by molar-refractivity contribution is 0.310. The van der Waals surface area contributed by atoms with Crippen molar-refractivity contribution in [3.05, 3.63) is 53.9 Å². The van der Waals surface area contributed by atoms with E-state index >= 15 is 0 Å². The molecule has 4 heteroatoms. The van der Waals surface area contributed by atoms with Crippen LogP contribution < -0.4 is 10.1 Å². The second-order valence-electron chi connectivity index (χ2n) is 4.29. The monoisotopic (exact) mass is 242 g/mol. The molecule has 1 aromatic carbocycles. The Bertz CT molecular complexity index is 540. The molecular weight excluding hydrogens is 228 g/mol. The van der Waals surface area contributed by atoms with Crippen LogP contribution in [0.2, 0.25) is 0 Å². The Morgan fingerprint density at radius 1 is 1.28 bits per heavy atom. The number of ether oxygens (including phenoxy) is 1. The second-order valence-corrected chi connectivity index (χ2v) is 4.29. The molecule has 4 nitrogen and oxygen atoms in total. The van der Waals surface area contributed by atoms with Crippen molar-refractivity contribution in [1.29, 1.82) is 0 Å². The van der Waals surface area contributed by atoms with Crippen molar-refractivity contribution >= 4 is 0 Å². The molecule has 0 radical (unpaired) electrons. The summed E-state index contributed by atoms with van der Waals surface area (Å²) in [6, 6.07) is 11.7. The average Bonchev–Trinajstić information content (AvgIpc) is 2.82. The number of aromatic hydroxyl groups is 1. The minimum Gasteiger partial charge on any atom is -0.506 e. The van der Waals surface area contributed by atoms with E-state index in [1.165, 1.54) is 11.8 Å². The molecule has 1 aliphatic heterocycles. The van der Waals surface area contributed by atoms with Crippen LogP contribution in [0.4, 0.5) is 0 Å². The number of hydrogen-bond acceptors (Lipinski definition) is 4. The molecule has 1 aromatic heterocycles. The SMILES string of the molecule is Oc1ccc(CNC2COc3ccccc32)nc1. The minimum atomic E-state index is 0.188. The van der Waals surface area contributed by atoms with E-state index in [2.05, 4.69) is 16.4 Å². The average molecular weight is 242 g/mol. The van der Waals surface area contributed by atoms with Crippen LogP contribution in [0, 0.1) is 0 Å². The maximum absolute atomic E-state index is 9.16. The van der Waals surface area contributed by atoms with Gasteiger partial charge in [-0.2, -0.15) is 0 Å². The van der Waals surface area contributed by atoms with Crippen molar-refractivity contribution < 1.29 is 9.84 Å². The molecule has 0 amide bonds. The normalized spacial score (nSPS) is 17.2. The second kappa shape index (κ2) is 4.66. The lowest BCUT2D eigenvalue weighted by Crippen LogP contribution is -2.22. The van der Waals surface area contributed by atoms with Gasteiger partial charge in [0.25, 0.3) is 0 Å². The molecule has 0 saturated heterocycles. The van der Waals surface area contributed by atoms with Gasteiger partial charge in [0.2, 0.25) is 0 Å². The van der Waals surface area contributed by atoms with Gasteiger partial charge in [-0.05, 0) is 18.2 Å². The fourth-order valence-corrected chi connectivity index (χ4v) is 2.08. The lowest BCUT2D eigenvalue weighted by atomic mass is 10.1. The summed E-state index contributed by atoms with van der Waals surface area (Å²) < 4.78 is 5.60. The zero-order chi connectivity index (χ0) is 12.4. The van der Waals surface area contributed by atoms with Gasteiger partial charge in [0.05, 0.1) is 17.9 Å². The standard InChI is InChI=1S/C14H14N2O2/c17-11-6-5-10(15-8-11)7-16-13-9-18-14-4-2-1-3-12(13)14/h1-6,8,13,16-17H,7,9H2. The van der Waals surface area contributed by atoms with Crippen LogP contribution >= 0.6 is 0 Å². The topological polar surface area (TPSA) is 54.4 Å². The Hall–Kier alpha value is -2.07. The van der Waals surface area contributed by atoms with Crippen LogP contribution in [0.3, 0.4) is 0 Å². The van der Waals surface area contributed by atoms with E-state index in [4.69, 9.17) is 9.84 Å². The summed E-state index contributed by atoms with van der Waals surface area (Å²) in [5.74, 6) is 1.14. The van der Waals surface area contributed by atoms with Crippen molar-refractivity contribution in [3.63, 3.8) is 0 Å². The van der Waals surface area contributed by atoms with Gasteiger partial charge < -0.3 is 15.2 Å². The summed E-state index contributed by atoms with van der Waals surface area (Å²) in [6.07, 6.45) is 1.45. The van der Waals surface area contributed by atoms with Crippen LogP contribution in [0.5, 0.6) is 11.5 Å². The number of nitrogens with one attached hydrogen (secondary N) is 1. The number of para-hydroxylation sites is 1. The summed E-state index contributed by atoms with van der Waals surface area (Å²) in [6.45, 7) is 1.31. The highest BCUT2D eigenvalue weighted by Gasteiger charge is 2.22. The molecule has 0 fully saturated rings. The van der Waals surface area contributed by atoms with Crippen LogP contribution in [0.25, 0.3) is 0 Å². The zero-order valence-electron chi connectivity index (χ0n) is 9.84. The van der Waals surface area contributed by atoms with E-state index in [0.29, 0.717) is 13.2 Å². The van der Waals surface area contributed by atoms with Gasteiger partial charge in [-0.25, -0.2) is 0 Å². The quantitative estimate of drug-likeness (QED) is 0.864. The number of pyridine rings is 1. The van der Waals surface area contributed by atoms with Crippen molar-refractivity contribution in [2.45, 2.75) is 12.6 Å². The first-order valence-electron chi connectivity index (χ1n) is 5.92. The summed E-state index contributed by atoms with van der Waals surface area (Å²) in [5, 5.41) is 12.6. The van der Waals surface area contributed by atoms with Gasteiger partial charge in [0.15, 0.2) is 0 Å². The summed E-state index contributed by atoms with van der Waals surface area (Å²) >= 11 is 0. The van der Waals surface area contributed by atoms with E-state index in [9.17, 15) is 0 Å². The number of hydrogen-bond donors (Lipinski definition) is 2. The third-order valence-electron chi connectivity index (χ3n) is 3.04. The molecule has 2 heterocycles. The fraction of sp³-hybridized carbons (Fsp3) is 0.214. The van der Waals surface area contributed by atoms with Crippen LogP contribution in [-0.4, -0.2) is 16.7 Å². The van der Waals surface area contributed by atoms with E-state index in [0.717, 1.165) is 11.4 Å². The molecule has 1 atom stereocenters. The molecule has 1 aliphatic rings. The van der Waals surface area contributed by atoms with Crippen molar-refractivity contribution in [2.24, 2.45) is 0 Å². The maximum Gasteiger partial charge on any atom is 0.133 e. The predicted molar refractivity (Wildman–Crippen MR) is 67.4 cm³/mol. The third kappa shape index (κ3) is 2.15. The molecule has 2 N–H and O–H groups in total. The molecular formula is C14H14N2O2. The highest BCUT2D eigenvalue weighted by molar-refractivity contribution is 5.39. The molecule has 2 aromatic rings. The van der Waals surface area contributed by atoms with Crippen molar-refractivity contribution in [2.75, 3.05) is 6.61 Å². The van der Waals surface area contributed by atoms with Crippen LogP contribution in [0.15, 0.2) is 42.6 Å². The largest absolute Gasteiger partial charge is 0.506 e. The van der Waals surface area contributed by atoms with Crippen LogP contribution in [0.1, 0.15) is 17.3 Å². The van der Waals surface area contributed by atoms with Crippen LogP contribution in [-0.2, 0) is 6.54 Å². The smallest absolute Gasteiger partial charge is 0.133 e.